The first-order valence-corrected chi connectivity index (χ1v) is 8.11. The molecule has 3 rings (SSSR count). The highest BCUT2D eigenvalue weighted by molar-refractivity contribution is 9.10. The number of rotatable bonds is 5. The van der Waals surface area contributed by atoms with Gasteiger partial charge in [-0.05, 0) is 36.8 Å². The number of nitrogens with one attached hydrogen (secondary N) is 2. The van der Waals surface area contributed by atoms with Gasteiger partial charge in [0.25, 0.3) is 0 Å². The molecular weight excluding hydrogens is 373 g/mol. The maximum absolute atomic E-state index is 13.6. The van der Waals surface area contributed by atoms with Crippen LogP contribution >= 0.6 is 15.9 Å². The van der Waals surface area contributed by atoms with Gasteiger partial charge in [0.05, 0.1) is 6.20 Å². The van der Waals surface area contributed by atoms with Gasteiger partial charge < -0.3 is 10.6 Å². The number of benzene rings is 2. The molecule has 2 aromatic carbocycles. The van der Waals surface area contributed by atoms with Crippen molar-refractivity contribution in [3.63, 3.8) is 0 Å². The summed E-state index contributed by atoms with van der Waals surface area (Å²) in [5.41, 5.74) is 2.55. The van der Waals surface area contributed by atoms with E-state index in [0.29, 0.717) is 17.3 Å². The van der Waals surface area contributed by atoms with Gasteiger partial charge in [0, 0.05) is 22.3 Å². The van der Waals surface area contributed by atoms with Gasteiger partial charge in [-0.1, -0.05) is 34.1 Å². The number of aryl methyl sites for hydroxylation is 1. The second-order valence-corrected chi connectivity index (χ2v) is 6.11. The van der Waals surface area contributed by atoms with Crippen LogP contribution in [0.2, 0.25) is 0 Å². The summed E-state index contributed by atoms with van der Waals surface area (Å²) in [7, 11) is 0. The Hall–Kier alpha value is -2.54. The monoisotopic (exact) mass is 387 g/mol. The summed E-state index contributed by atoms with van der Waals surface area (Å²) in [5.74, 6) is 0.627. The summed E-state index contributed by atoms with van der Waals surface area (Å²) >= 11 is 3.44. The Morgan fingerprint density at radius 2 is 2.00 bits per heavy atom. The van der Waals surface area contributed by atoms with E-state index in [9.17, 15) is 4.39 Å². The molecule has 1 aromatic heterocycles. The number of hydrogen-bond donors (Lipinski definition) is 2. The Morgan fingerprint density at radius 1 is 1.17 bits per heavy atom. The topological polar surface area (TPSA) is 62.7 Å². The van der Waals surface area contributed by atoms with Crippen molar-refractivity contribution in [2.24, 2.45) is 0 Å². The summed E-state index contributed by atoms with van der Waals surface area (Å²) in [6.07, 6.45) is 1.54. The molecule has 0 bridgehead atoms. The first kappa shape index (κ1) is 16.3. The van der Waals surface area contributed by atoms with Crippen molar-refractivity contribution in [3.05, 3.63) is 70.1 Å². The Kier molecular flexibility index (Phi) is 5.00. The van der Waals surface area contributed by atoms with Crippen LogP contribution in [0.15, 0.2) is 53.1 Å². The van der Waals surface area contributed by atoms with Crippen molar-refractivity contribution in [3.8, 4) is 0 Å². The van der Waals surface area contributed by atoms with E-state index in [0.717, 1.165) is 15.7 Å². The predicted octanol–water partition coefficient (Wildman–Crippen LogP) is 4.44. The first-order chi connectivity index (χ1) is 11.6. The molecule has 7 heteroatoms. The van der Waals surface area contributed by atoms with Gasteiger partial charge in [0.2, 0.25) is 5.95 Å². The van der Waals surface area contributed by atoms with E-state index in [2.05, 4.69) is 41.7 Å². The summed E-state index contributed by atoms with van der Waals surface area (Å²) in [6, 6.07) is 12.5. The van der Waals surface area contributed by atoms with Crippen LogP contribution in [-0.4, -0.2) is 15.2 Å². The summed E-state index contributed by atoms with van der Waals surface area (Å²) in [4.78, 5) is 4.35. The molecule has 0 saturated carbocycles. The van der Waals surface area contributed by atoms with Crippen molar-refractivity contribution in [1.82, 2.24) is 15.2 Å². The lowest BCUT2D eigenvalue weighted by Crippen LogP contribution is -2.07. The quantitative estimate of drug-likeness (QED) is 0.677. The second-order valence-electron chi connectivity index (χ2n) is 5.19. The van der Waals surface area contributed by atoms with E-state index in [4.69, 9.17) is 0 Å². The van der Waals surface area contributed by atoms with Crippen LogP contribution in [-0.2, 0) is 6.54 Å². The third-order valence-corrected chi connectivity index (χ3v) is 3.90. The Labute approximate surface area is 147 Å². The van der Waals surface area contributed by atoms with Crippen LogP contribution in [0.3, 0.4) is 0 Å². The number of hydrogen-bond acceptors (Lipinski definition) is 5. The van der Waals surface area contributed by atoms with Crippen LogP contribution in [0.1, 0.15) is 11.1 Å². The molecule has 0 radical (unpaired) electrons. The smallest absolute Gasteiger partial charge is 0.244 e. The third kappa shape index (κ3) is 4.05. The van der Waals surface area contributed by atoms with Gasteiger partial charge in [-0.25, -0.2) is 4.39 Å². The van der Waals surface area contributed by atoms with E-state index in [1.54, 1.807) is 18.2 Å². The average Bonchev–Trinajstić information content (AvgIpc) is 2.57. The maximum atomic E-state index is 13.6. The molecule has 1 heterocycles. The fraction of sp³-hybridized carbons (Fsp3) is 0.118. The Bertz CT molecular complexity index is 856. The largest absolute Gasteiger partial charge is 0.349 e. The average molecular weight is 388 g/mol. The number of nitrogens with zero attached hydrogens (tertiary/aromatic N) is 3. The molecular formula is C17H15BrFN5. The molecule has 0 unspecified atom stereocenters. The van der Waals surface area contributed by atoms with Crippen LogP contribution in [0, 0.1) is 12.7 Å². The van der Waals surface area contributed by atoms with Gasteiger partial charge in [0.1, 0.15) is 5.82 Å². The molecule has 122 valence electrons. The molecule has 0 amide bonds. The minimum Gasteiger partial charge on any atom is -0.349 e. The van der Waals surface area contributed by atoms with Crippen molar-refractivity contribution in [1.29, 1.82) is 0 Å². The molecule has 0 atom stereocenters. The van der Waals surface area contributed by atoms with Crippen LogP contribution < -0.4 is 10.6 Å². The maximum Gasteiger partial charge on any atom is 0.244 e. The first-order valence-electron chi connectivity index (χ1n) is 7.32. The van der Waals surface area contributed by atoms with E-state index < -0.39 is 0 Å². The molecule has 0 saturated heterocycles. The number of anilines is 3. The fourth-order valence-corrected chi connectivity index (χ4v) is 2.64. The highest BCUT2D eigenvalue weighted by Crippen LogP contribution is 2.23. The SMILES string of the molecule is Cc1cc(Br)ccc1Nc1cnnc(NCc2ccccc2F)n1. The van der Waals surface area contributed by atoms with Crippen LogP contribution in [0.4, 0.5) is 21.8 Å². The van der Waals surface area contributed by atoms with E-state index in [-0.39, 0.29) is 12.4 Å². The lowest BCUT2D eigenvalue weighted by Gasteiger charge is -2.10. The second kappa shape index (κ2) is 7.35. The molecule has 5 nitrogen and oxygen atoms in total. The van der Waals surface area contributed by atoms with Gasteiger partial charge in [-0.2, -0.15) is 10.1 Å². The summed E-state index contributed by atoms with van der Waals surface area (Å²) in [5, 5.41) is 14.0. The van der Waals surface area contributed by atoms with Gasteiger partial charge in [-0.3, -0.25) is 0 Å². The fourth-order valence-electron chi connectivity index (χ4n) is 2.16. The standard InChI is InChI=1S/C17H15BrFN5/c1-11-8-13(18)6-7-15(11)22-16-10-21-24-17(23-16)20-9-12-4-2-3-5-14(12)19/h2-8,10H,9H2,1H3,(H2,20,22,23,24). The molecule has 0 aliphatic heterocycles. The Balaban J connectivity index is 1.71. The van der Waals surface area contributed by atoms with Crippen LogP contribution in [0.5, 0.6) is 0 Å². The van der Waals surface area contributed by atoms with Crippen molar-refractivity contribution in [2.75, 3.05) is 10.6 Å². The Morgan fingerprint density at radius 3 is 2.79 bits per heavy atom. The molecule has 0 aliphatic carbocycles. The summed E-state index contributed by atoms with van der Waals surface area (Å²) in [6.45, 7) is 2.29. The zero-order valence-corrected chi connectivity index (χ0v) is 14.5. The number of aromatic nitrogens is 3. The van der Waals surface area contributed by atoms with Gasteiger partial charge in [0.15, 0.2) is 5.82 Å². The molecule has 0 spiro atoms. The molecule has 0 aliphatic rings. The van der Waals surface area contributed by atoms with Gasteiger partial charge >= 0.3 is 0 Å². The zero-order valence-electron chi connectivity index (χ0n) is 12.9. The zero-order chi connectivity index (χ0) is 16.9. The van der Waals surface area contributed by atoms with Crippen molar-refractivity contribution in [2.45, 2.75) is 13.5 Å². The molecule has 24 heavy (non-hydrogen) atoms. The minimum atomic E-state index is -0.266. The van der Waals surface area contributed by atoms with Crippen LogP contribution in [0.25, 0.3) is 0 Å². The third-order valence-electron chi connectivity index (χ3n) is 3.40. The minimum absolute atomic E-state index is 0.266. The lowest BCUT2D eigenvalue weighted by molar-refractivity contribution is 0.612. The van der Waals surface area contributed by atoms with Gasteiger partial charge in [-0.15, -0.1) is 5.10 Å². The molecule has 3 aromatic rings. The normalized spacial score (nSPS) is 10.5. The van der Waals surface area contributed by atoms with E-state index >= 15 is 0 Å². The summed E-state index contributed by atoms with van der Waals surface area (Å²) < 4.78 is 14.6. The number of halogens is 2. The molecule has 0 fully saturated rings. The van der Waals surface area contributed by atoms with E-state index in [1.165, 1.54) is 12.3 Å². The molecule has 2 N–H and O–H groups in total. The predicted molar refractivity (Wildman–Crippen MR) is 95.7 cm³/mol. The lowest BCUT2D eigenvalue weighted by atomic mass is 10.2. The van der Waals surface area contributed by atoms with Crippen molar-refractivity contribution < 1.29 is 4.39 Å². The highest BCUT2D eigenvalue weighted by atomic mass is 79.9. The van der Waals surface area contributed by atoms with E-state index in [1.807, 2.05) is 25.1 Å². The van der Waals surface area contributed by atoms with Crippen molar-refractivity contribution >= 4 is 33.4 Å². The highest BCUT2D eigenvalue weighted by Gasteiger charge is 2.05.